The molecule has 1 N–H and O–H groups in total. The number of rotatable bonds is 7. The predicted octanol–water partition coefficient (Wildman–Crippen LogP) is 3.51. The van der Waals surface area contributed by atoms with Crippen molar-refractivity contribution in [1.29, 1.82) is 0 Å². The van der Waals surface area contributed by atoms with Crippen LogP contribution in [0.5, 0.6) is 5.75 Å². The lowest BCUT2D eigenvalue weighted by Crippen LogP contribution is -2.35. The van der Waals surface area contributed by atoms with Gasteiger partial charge in [0.05, 0.1) is 0 Å². The first-order chi connectivity index (χ1) is 13.8. The Morgan fingerprint density at radius 2 is 1.75 bits per heavy atom. The van der Waals surface area contributed by atoms with Gasteiger partial charge in [0.25, 0.3) is 5.91 Å². The number of hydrogen-bond acceptors (Lipinski definition) is 3. The molecule has 0 saturated carbocycles. The summed E-state index contributed by atoms with van der Waals surface area (Å²) in [6, 6.07) is 14.9. The lowest BCUT2D eigenvalue weighted by Gasteiger charge is -2.28. The topological polar surface area (TPSA) is 41.6 Å². The van der Waals surface area contributed by atoms with Crippen molar-refractivity contribution in [1.82, 2.24) is 10.2 Å². The van der Waals surface area contributed by atoms with Crippen LogP contribution in [0.25, 0.3) is 0 Å². The summed E-state index contributed by atoms with van der Waals surface area (Å²) < 4.78 is 5.70. The number of nitrogens with zero attached hydrogens (tertiary/aromatic N) is 1. The molecule has 2 aromatic rings. The minimum absolute atomic E-state index is 0.0401. The molecule has 0 spiro atoms. The van der Waals surface area contributed by atoms with Crippen molar-refractivity contribution in [3.8, 4) is 5.75 Å². The van der Waals surface area contributed by atoms with Crippen LogP contribution in [0.15, 0.2) is 42.5 Å². The fourth-order valence-corrected chi connectivity index (χ4v) is 4.27. The number of carbonyl (C=O) groups is 1. The Kier molecular flexibility index (Phi) is 6.27. The molecule has 28 heavy (non-hydrogen) atoms. The molecule has 4 nitrogen and oxygen atoms in total. The average Bonchev–Trinajstić information content (AvgIpc) is 2.75. The van der Waals surface area contributed by atoms with Gasteiger partial charge in [0.15, 0.2) is 6.61 Å². The zero-order valence-electron chi connectivity index (χ0n) is 16.6. The Morgan fingerprint density at radius 1 is 0.964 bits per heavy atom. The Bertz CT molecular complexity index is 818. The average molecular weight is 379 g/mol. The quantitative estimate of drug-likeness (QED) is 0.750. The molecule has 0 saturated heterocycles. The first-order valence-electron chi connectivity index (χ1n) is 10.6. The van der Waals surface area contributed by atoms with Gasteiger partial charge in [0, 0.05) is 26.2 Å². The Labute approximate surface area is 167 Å². The Hall–Kier alpha value is -2.33. The van der Waals surface area contributed by atoms with E-state index >= 15 is 0 Å². The monoisotopic (exact) mass is 378 g/mol. The minimum Gasteiger partial charge on any atom is -0.484 e. The van der Waals surface area contributed by atoms with E-state index in [4.69, 9.17) is 4.74 Å². The summed E-state index contributed by atoms with van der Waals surface area (Å²) in [4.78, 5) is 14.5. The molecule has 1 amide bonds. The summed E-state index contributed by atoms with van der Waals surface area (Å²) >= 11 is 0. The molecule has 0 fully saturated rings. The van der Waals surface area contributed by atoms with Gasteiger partial charge < -0.3 is 10.1 Å². The van der Waals surface area contributed by atoms with E-state index < -0.39 is 0 Å². The first kappa shape index (κ1) is 19.0. The lowest BCUT2D eigenvalue weighted by atomic mass is 9.92. The van der Waals surface area contributed by atoms with Gasteiger partial charge in [-0.15, -0.1) is 0 Å². The summed E-state index contributed by atoms with van der Waals surface area (Å²) in [6.07, 6.45) is 6.90. The van der Waals surface area contributed by atoms with Gasteiger partial charge in [-0.2, -0.15) is 0 Å². The van der Waals surface area contributed by atoms with E-state index in [2.05, 4.69) is 46.6 Å². The minimum atomic E-state index is -0.0401. The molecule has 0 radical (unpaired) electrons. The number of ether oxygens (including phenoxy) is 1. The first-order valence-corrected chi connectivity index (χ1v) is 10.6. The standard InChI is InChI=1S/C24H30N2O2/c27-24(18-28-23-11-10-19-6-1-3-8-21(19)16-23)25-13-5-14-26-15-12-20-7-2-4-9-22(20)17-26/h2,4,7,9-11,16H,1,3,5-6,8,12-15,17-18H2,(H,25,27). The highest BCUT2D eigenvalue weighted by Gasteiger charge is 2.15. The molecule has 4 heteroatoms. The van der Waals surface area contributed by atoms with Crippen LogP contribution in [0.1, 0.15) is 41.5 Å². The molecular formula is C24H30N2O2. The van der Waals surface area contributed by atoms with Crippen LogP contribution >= 0.6 is 0 Å². The third-order valence-corrected chi connectivity index (χ3v) is 5.87. The zero-order chi connectivity index (χ0) is 19.2. The maximum atomic E-state index is 12.1. The van der Waals surface area contributed by atoms with Crippen LogP contribution in [0.4, 0.5) is 0 Å². The van der Waals surface area contributed by atoms with Gasteiger partial charge in [0.2, 0.25) is 0 Å². The van der Waals surface area contributed by atoms with E-state index in [1.165, 1.54) is 41.5 Å². The van der Waals surface area contributed by atoms with Crippen LogP contribution in [-0.2, 0) is 30.6 Å². The number of hydrogen-bond donors (Lipinski definition) is 1. The fraction of sp³-hybridized carbons (Fsp3) is 0.458. The van der Waals surface area contributed by atoms with Crippen molar-refractivity contribution in [3.63, 3.8) is 0 Å². The number of fused-ring (bicyclic) bond motifs is 2. The van der Waals surface area contributed by atoms with Gasteiger partial charge in [-0.3, -0.25) is 9.69 Å². The Balaban J connectivity index is 1.14. The molecule has 2 aliphatic rings. The summed E-state index contributed by atoms with van der Waals surface area (Å²) in [6.45, 7) is 3.93. The van der Waals surface area contributed by atoms with Crippen LogP contribution in [0.2, 0.25) is 0 Å². The molecule has 2 aromatic carbocycles. The van der Waals surface area contributed by atoms with Crippen LogP contribution < -0.4 is 10.1 Å². The molecule has 0 unspecified atom stereocenters. The van der Waals surface area contributed by atoms with E-state index in [9.17, 15) is 4.79 Å². The normalized spacial score (nSPS) is 16.1. The van der Waals surface area contributed by atoms with Gasteiger partial charge in [-0.25, -0.2) is 0 Å². The summed E-state index contributed by atoms with van der Waals surface area (Å²) in [5.41, 5.74) is 5.73. The third kappa shape index (κ3) is 4.93. The molecule has 0 aromatic heterocycles. The van der Waals surface area contributed by atoms with Crippen molar-refractivity contribution < 1.29 is 9.53 Å². The SMILES string of the molecule is O=C(COc1ccc2c(c1)CCCC2)NCCCN1CCc2ccccc2C1. The smallest absolute Gasteiger partial charge is 0.257 e. The van der Waals surface area contributed by atoms with E-state index in [-0.39, 0.29) is 12.5 Å². The number of benzene rings is 2. The highest BCUT2D eigenvalue weighted by molar-refractivity contribution is 5.77. The number of aryl methyl sites for hydroxylation is 2. The van der Waals surface area contributed by atoms with E-state index in [0.717, 1.165) is 44.6 Å². The molecule has 1 aliphatic carbocycles. The number of amides is 1. The summed E-state index contributed by atoms with van der Waals surface area (Å²) in [5.74, 6) is 0.768. The van der Waals surface area contributed by atoms with Gasteiger partial charge in [0.1, 0.15) is 5.75 Å². The van der Waals surface area contributed by atoms with Crippen molar-refractivity contribution >= 4 is 5.91 Å². The second-order valence-electron chi connectivity index (χ2n) is 7.92. The van der Waals surface area contributed by atoms with Crippen LogP contribution in [0.3, 0.4) is 0 Å². The maximum Gasteiger partial charge on any atom is 0.257 e. The molecule has 4 rings (SSSR count). The second-order valence-corrected chi connectivity index (χ2v) is 7.92. The third-order valence-electron chi connectivity index (χ3n) is 5.87. The highest BCUT2D eigenvalue weighted by atomic mass is 16.5. The second kappa shape index (κ2) is 9.24. The largest absolute Gasteiger partial charge is 0.484 e. The molecule has 1 heterocycles. The lowest BCUT2D eigenvalue weighted by molar-refractivity contribution is -0.123. The van der Waals surface area contributed by atoms with Gasteiger partial charge in [-0.05, 0) is 72.9 Å². The highest BCUT2D eigenvalue weighted by Crippen LogP contribution is 2.25. The summed E-state index contributed by atoms with van der Waals surface area (Å²) in [7, 11) is 0. The van der Waals surface area contributed by atoms with Crippen molar-refractivity contribution in [2.75, 3.05) is 26.2 Å². The molecule has 1 aliphatic heterocycles. The van der Waals surface area contributed by atoms with E-state index in [0.29, 0.717) is 6.54 Å². The zero-order valence-corrected chi connectivity index (χ0v) is 16.6. The van der Waals surface area contributed by atoms with Gasteiger partial charge >= 0.3 is 0 Å². The predicted molar refractivity (Wildman–Crippen MR) is 112 cm³/mol. The molecular weight excluding hydrogens is 348 g/mol. The van der Waals surface area contributed by atoms with Crippen LogP contribution in [-0.4, -0.2) is 37.0 Å². The van der Waals surface area contributed by atoms with Crippen molar-refractivity contribution in [2.24, 2.45) is 0 Å². The molecule has 148 valence electrons. The summed E-state index contributed by atoms with van der Waals surface area (Å²) in [5, 5.41) is 2.98. The molecule has 0 atom stereocenters. The van der Waals surface area contributed by atoms with E-state index in [1.807, 2.05) is 6.07 Å². The number of carbonyl (C=O) groups excluding carboxylic acids is 1. The number of nitrogens with one attached hydrogen (secondary N) is 1. The van der Waals surface area contributed by atoms with Crippen molar-refractivity contribution in [2.45, 2.75) is 45.1 Å². The van der Waals surface area contributed by atoms with Crippen LogP contribution in [0, 0.1) is 0 Å². The van der Waals surface area contributed by atoms with E-state index in [1.54, 1.807) is 0 Å². The Morgan fingerprint density at radius 3 is 2.64 bits per heavy atom. The fourth-order valence-electron chi connectivity index (χ4n) is 4.27. The van der Waals surface area contributed by atoms with Gasteiger partial charge in [-0.1, -0.05) is 30.3 Å². The van der Waals surface area contributed by atoms with Crippen molar-refractivity contribution in [3.05, 3.63) is 64.7 Å². The maximum absolute atomic E-state index is 12.1. The molecule has 0 bridgehead atoms.